The van der Waals surface area contributed by atoms with Crippen LogP contribution in [0.2, 0.25) is 5.02 Å². The van der Waals surface area contributed by atoms with Gasteiger partial charge in [0.1, 0.15) is 0 Å². The molecule has 0 saturated carbocycles. The Hall–Kier alpha value is -3.36. The van der Waals surface area contributed by atoms with Gasteiger partial charge in [-0.2, -0.15) is 0 Å². The van der Waals surface area contributed by atoms with Crippen molar-refractivity contribution in [2.45, 2.75) is 17.7 Å². The van der Waals surface area contributed by atoms with E-state index in [9.17, 15) is 18.0 Å². The number of carbonyl (C=O) groups is 2. The molecule has 7 nitrogen and oxygen atoms in total. The van der Waals surface area contributed by atoms with E-state index in [-0.39, 0.29) is 27.1 Å². The van der Waals surface area contributed by atoms with Crippen LogP contribution in [0.1, 0.15) is 23.2 Å². The highest BCUT2D eigenvalue weighted by Gasteiger charge is 2.22. The monoisotopic (exact) mass is 469 g/mol. The summed E-state index contributed by atoms with van der Waals surface area (Å²) in [6.07, 6.45) is 1.32. The number of nitrogens with one attached hydrogen (secondary N) is 2. The average Bonchev–Trinajstić information content (AvgIpc) is 3.21. The van der Waals surface area contributed by atoms with Gasteiger partial charge < -0.3 is 10.2 Å². The van der Waals surface area contributed by atoms with Crippen molar-refractivity contribution in [1.29, 1.82) is 0 Å². The molecule has 1 aliphatic rings. The Kier molecular flexibility index (Phi) is 6.16. The first-order chi connectivity index (χ1) is 15.3. The number of rotatable bonds is 6. The lowest BCUT2D eigenvalue weighted by Crippen LogP contribution is -2.23. The Labute approximate surface area is 191 Å². The molecule has 0 aliphatic carbocycles. The van der Waals surface area contributed by atoms with E-state index >= 15 is 0 Å². The van der Waals surface area contributed by atoms with Crippen molar-refractivity contribution in [3.05, 3.63) is 83.4 Å². The fourth-order valence-corrected chi connectivity index (χ4v) is 4.79. The summed E-state index contributed by atoms with van der Waals surface area (Å²) in [5.74, 6) is -0.415. The van der Waals surface area contributed by atoms with Crippen LogP contribution in [0.3, 0.4) is 0 Å². The molecule has 2 amide bonds. The fraction of sp³-hybridized carbons (Fsp3) is 0.130. The third-order valence-electron chi connectivity index (χ3n) is 5.01. The Morgan fingerprint density at radius 2 is 1.75 bits per heavy atom. The van der Waals surface area contributed by atoms with Crippen molar-refractivity contribution in [3.63, 3.8) is 0 Å². The second kappa shape index (κ2) is 9.02. The first-order valence-corrected chi connectivity index (χ1v) is 11.8. The number of anilines is 3. The molecule has 0 atom stereocenters. The maximum Gasteiger partial charge on any atom is 0.261 e. The molecule has 1 aliphatic heterocycles. The van der Waals surface area contributed by atoms with E-state index in [1.165, 1.54) is 24.3 Å². The van der Waals surface area contributed by atoms with Crippen molar-refractivity contribution < 1.29 is 18.0 Å². The number of carbonyl (C=O) groups excluding carboxylic acids is 2. The van der Waals surface area contributed by atoms with Gasteiger partial charge in [0.15, 0.2) is 0 Å². The predicted molar refractivity (Wildman–Crippen MR) is 125 cm³/mol. The number of sulfonamides is 1. The average molecular weight is 470 g/mol. The van der Waals surface area contributed by atoms with Gasteiger partial charge in [-0.05, 0) is 55.0 Å². The van der Waals surface area contributed by atoms with Crippen LogP contribution in [0, 0.1) is 0 Å². The summed E-state index contributed by atoms with van der Waals surface area (Å²) in [7, 11) is -3.95. The van der Waals surface area contributed by atoms with Gasteiger partial charge in [0.25, 0.3) is 15.9 Å². The van der Waals surface area contributed by atoms with Gasteiger partial charge in [-0.25, -0.2) is 8.42 Å². The molecule has 2 N–H and O–H groups in total. The highest BCUT2D eigenvalue weighted by molar-refractivity contribution is 7.92. The maximum absolute atomic E-state index is 12.8. The molecule has 0 unspecified atom stereocenters. The second-order valence-corrected chi connectivity index (χ2v) is 9.36. The molecule has 3 aromatic carbocycles. The van der Waals surface area contributed by atoms with Gasteiger partial charge in [-0.15, -0.1) is 0 Å². The topological polar surface area (TPSA) is 95.6 Å². The number of hydrogen-bond acceptors (Lipinski definition) is 4. The van der Waals surface area contributed by atoms with Crippen molar-refractivity contribution in [1.82, 2.24) is 0 Å². The minimum Gasteiger partial charge on any atom is -0.322 e. The van der Waals surface area contributed by atoms with Gasteiger partial charge in [-0.1, -0.05) is 35.9 Å². The zero-order chi connectivity index (χ0) is 22.7. The lowest BCUT2D eigenvalue weighted by atomic mass is 10.2. The highest BCUT2D eigenvalue weighted by atomic mass is 35.5. The van der Waals surface area contributed by atoms with Crippen LogP contribution in [0.25, 0.3) is 0 Å². The Morgan fingerprint density at radius 1 is 0.969 bits per heavy atom. The van der Waals surface area contributed by atoms with Crippen molar-refractivity contribution in [2.75, 3.05) is 21.5 Å². The van der Waals surface area contributed by atoms with E-state index in [0.29, 0.717) is 24.3 Å². The number of hydrogen-bond donors (Lipinski definition) is 2. The smallest absolute Gasteiger partial charge is 0.261 e. The summed E-state index contributed by atoms with van der Waals surface area (Å²) in [5.41, 5.74) is 1.65. The van der Waals surface area contributed by atoms with Crippen LogP contribution in [0.4, 0.5) is 17.1 Å². The van der Waals surface area contributed by atoms with Crippen LogP contribution < -0.4 is 14.9 Å². The van der Waals surface area contributed by atoms with Gasteiger partial charge >= 0.3 is 0 Å². The summed E-state index contributed by atoms with van der Waals surface area (Å²) in [5, 5.41) is 3.03. The fourth-order valence-electron chi connectivity index (χ4n) is 3.43. The molecule has 1 saturated heterocycles. The quantitative estimate of drug-likeness (QED) is 0.554. The molecular weight excluding hydrogens is 450 g/mol. The van der Waals surface area contributed by atoms with Crippen LogP contribution in [0.15, 0.2) is 77.7 Å². The molecule has 164 valence electrons. The lowest BCUT2D eigenvalue weighted by molar-refractivity contribution is -0.117. The van der Waals surface area contributed by atoms with Crippen LogP contribution >= 0.6 is 11.6 Å². The number of nitrogens with zero attached hydrogens (tertiary/aromatic N) is 1. The van der Waals surface area contributed by atoms with E-state index in [0.717, 1.165) is 6.42 Å². The van der Waals surface area contributed by atoms with Gasteiger partial charge in [-0.3, -0.25) is 14.3 Å². The van der Waals surface area contributed by atoms with Crippen molar-refractivity contribution in [3.8, 4) is 0 Å². The number of para-hydroxylation sites is 1. The third kappa shape index (κ3) is 4.76. The molecular formula is C23H20ClN3O4S. The Morgan fingerprint density at radius 3 is 2.50 bits per heavy atom. The normalized spacial score (nSPS) is 13.8. The third-order valence-corrected chi connectivity index (χ3v) is 6.71. The molecule has 0 aromatic heterocycles. The summed E-state index contributed by atoms with van der Waals surface area (Å²) >= 11 is 6.04. The zero-order valence-electron chi connectivity index (χ0n) is 16.9. The first kappa shape index (κ1) is 21.9. The van der Waals surface area contributed by atoms with E-state index in [2.05, 4.69) is 10.0 Å². The van der Waals surface area contributed by atoms with E-state index in [1.54, 1.807) is 47.4 Å². The number of amides is 2. The van der Waals surface area contributed by atoms with Crippen molar-refractivity contribution >= 4 is 50.5 Å². The SMILES string of the molecule is O=C(Nc1cccc(N2CCCC2=O)c1)c1cccc(S(=O)(=O)Nc2ccccc2Cl)c1. The minimum atomic E-state index is -3.95. The molecule has 1 fully saturated rings. The van der Waals surface area contributed by atoms with Crippen LogP contribution in [0.5, 0.6) is 0 Å². The van der Waals surface area contributed by atoms with Gasteiger partial charge in [0.2, 0.25) is 5.91 Å². The van der Waals surface area contributed by atoms with Crippen molar-refractivity contribution in [2.24, 2.45) is 0 Å². The molecule has 0 radical (unpaired) electrons. The molecule has 0 spiro atoms. The Balaban J connectivity index is 1.53. The largest absolute Gasteiger partial charge is 0.322 e. The minimum absolute atomic E-state index is 0.0532. The number of benzene rings is 3. The molecule has 9 heteroatoms. The molecule has 32 heavy (non-hydrogen) atoms. The summed E-state index contributed by atoms with van der Waals surface area (Å²) in [4.78, 5) is 26.4. The summed E-state index contributed by atoms with van der Waals surface area (Å²) < 4.78 is 28.0. The van der Waals surface area contributed by atoms with Gasteiger partial charge in [0, 0.05) is 29.9 Å². The Bertz CT molecular complexity index is 1290. The van der Waals surface area contributed by atoms with Crippen LogP contribution in [-0.2, 0) is 14.8 Å². The standard InChI is InChI=1S/C23H20ClN3O4S/c24-20-10-1-2-11-21(20)26-32(30,31)19-9-3-6-16(14-19)23(29)25-17-7-4-8-18(15-17)27-13-5-12-22(27)28/h1-4,6-11,14-15,26H,5,12-13H2,(H,25,29). The molecule has 1 heterocycles. The van der Waals surface area contributed by atoms with Gasteiger partial charge in [0.05, 0.1) is 15.6 Å². The number of halogens is 1. The summed E-state index contributed by atoms with van der Waals surface area (Å²) in [6, 6.07) is 19.2. The lowest BCUT2D eigenvalue weighted by Gasteiger charge is -2.17. The maximum atomic E-state index is 12.8. The van der Waals surface area contributed by atoms with E-state index in [4.69, 9.17) is 11.6 Å². The van der Waals surface area contributed by atoms with Crippen LogP contribution in [-0.4, -0.2) is 26.8 Å². The molecule has 0 bridgehead atoms. The highest BCUT2D eigenvalue weighted by Crippen LogP contribution is 2.26. The molecule has 4 rings (SSSR count). The van der Waals surface area contributed by atoms with E-state index < -0.39 is 15.9 Å². The summed E-state index contributed by atoms with van der Waals surface area (Å²) in [6.45, 7) is 0.647. The predicted octanol–water partition coefficient (Wildman–Crippen LogP) is 4.52. The molecule has 3 aromatic rings. The second-order valence-electron chi connectivity index (χ2n) is 7.27. The zero-order valence-corrected chi connectivity index (χ0v) is 18.5. The van der Waals surface area contributed by atoms with E-state index in [1.807, 2.05) is 6.07 Å². The first-order valence-electron chi connectivity index (χ1n) is 9.93.